The number of rotatable bonds is 7. The Labute approximate surface area is 116 Å². The molecular weight excluding hydrogens is 286 g/mol. The number of hydrogen-bond acceptors (Lipinski definition) is 5. The molecule has 0 bridgehead atoms. The fourth-order valence-electron chi connectivity index (χ4n) is 1.66. The Kier molecular flexibility index (Phi) is 5.34. The molecule has 0 heterocycles. The molecule has 0 amide bonds. The van der Waals surface area contributed by atoms with E-state index in [0.717, 1.165) is 0 Å². The number of aliphatic carboxylic acids is 1. The minimum absolute atomic E-state index is 0.133. The van der Waals surface area contributed by atoms with E-state index in [-0.39, 0.29) is 23.7 Å². The summed E-state index contributed by atoms with van der Waals surface area (Å²) in [6.45, 7) is 1.67. The number of aromatic hydroxyl groups is 2. The number of carboxylic acid groups (broad SMARTS) is 1. The summed E-state index contributed by atoms with van der Waals surface area (Å²) in [6, 6.07) is 2.50. The van der Waals surface area contributed by atoms with Gasteiger partial charge in [-0.15, -0.1) is 0 Å². The number of sulfonamides is 1. The van der Waals surface area contributed by atoms with Crippen LogP contribution in [-0.4, -0.2) is 41.5 Å². The quantitative estimate of drug-likeness (QED) is 0.541. The van der Waals surface area contributed by atoms with Crippen LogP contribution in [0.1, 0.15) is 18.9 Å². The largest absolute Gasteiger partial charge is 0.504 e. The summed E-state index contributed by atoms with van der Waals surface area (Å²) >= 11 is 0. The number of carbonyl (C=O) groups is 1. The molecule has 112 valence electrons. The van der Waals surface area contributed by atoms with Gasteiger partial charge in [-0.05, 0) is 30.5 Å². The first-order chi connectivity index (χ1) is 9.25. The van der Waals surface area contributed by atoms with E-state index in [1.54, 1.807) is 6.92 Å². The standard InChI is InChI=1S/C12H17NO6S/c1-2-5-20(18,19)13-9(12(16)17)6-8-3-4-10(14)11(15)7-8/h3-4,7,9,13-15H,2,5-6H2,1H3,(H,16,17)/t9-/m0/s1. The van der Waals surface area contributed by atoms with Gasteiger partial charge in [-0.1, -0.05) is 13.0 Å². The number of nitrogens with one attached hydrogen (secondary N) is 1. The summed E-state index contributed by atoms with van der Waals surface area (Å²) in [4.78, 5) is 11.1. The van der Waals surface area contributed by atoms with Crippen LogP contribution in [0.15, 0.2) is 18.2 Å². The van der Waals surface area contributed by atoms with Crippen LogP contribution in [0.25, 0.3) is 0 Å². The van der Waals surface area contributed by atoms with Crippen LogP contribution in [0.5, 0.6) is 11.5 Å². The van der Waals surface area contributed by atoms with E-state index in [1.165, 1.54) is 18.2 Å². The Bertz CT molecular complexity index is 584. The van der Waals surface area contributed by atoms with E-state index in [2.05, 4.69) is 4.72 Å². The molecule has 0 radical (unpaired) electrons. The van der Waals surface area contributed by atoms with Crippen molar-refractivity contribution in [3.05, 3.63) is 23.8 Å². The number of phenolic OH excluding ortho intramolecular Hbond substituents is 2. The van der Waals surface area contributed by atoms with Crippen LogP contribution in [0.3, 0.4) is 0 Å². The van der Waals surface area contributed by atoms with Crippen molar-refractivity contribution in [2.45, 2.75) is 25.8 Å². The summed E-state index contributed by atoms with van der Waals surface area (Å²) in [5, 5.41) is 27.5. The zero-order chi connectivity index (χ0) is 15.3. The molecule has 1 aromatic carbocycles. The predicted octanol–water partition coefficient (Wildman–Crippen LogP) is 0.423. The number of phenols is 2. The van der Waals surface area contributed by atoms with Crippen LogP contribution in [0, 0.1) is 0 Å². The smallest absolute Gasteiger partial charge is 0.322 e. The molecule has 1 aromatic rings. The van der Waals surface area contributed by atoms with Crippen molar-refractivity contribution in [1.29, 1.82) is 0 Å². The molecule has 1 rings (SSSR count). The van der Waals surface area contributed by atoms with Crippen molar-refractivity contribution in [2.24, 2.45) is 0 Å². The monoisotopic (exact) mass is 303 g/mol. The van der Waals surface area contributed by atoms with Crippen molar-refractivity contribution in [3.8, 4) is 11.5 Å². The Morgan fingerprint density at radius 1 is 1.30 bits per heavy atom. The van der Waals surface area contributed by atoms with Gasteiger partial charge in [0.15, 0.2) is 11.5 Å². The highest BCUT2D eigenvalue weighted by atomic mass is 32.2. The van der Waals surface area contributed by atoms with Crippen LogP contribution in [-0.2, 0) is 21.2 Å². The lowest BCUT2D eigenvalue weighted by atomic mass is 10.1. The van der Waals surface area contributed by atoms with Crippen molar-refractivity contribution in [1.82, 2.24) is 4.72 Å². The van der Waals surface area contributed by atoms with E-state index in [9.17, 15) is 18.3 Å². The lowest BCUT2D eigenvalue weighted by Gasteiger charge is -2.14. The molecule has 0 aliphatic heterocycles. The van der Waals surface area contributed by atoms with Gasteiger partial charge in [-0.3, -0.25) is 4.79 Å². The number of benzene rings is 1. The van der Waals surface area contributed by atoms with E-state index >= 15 is 0 Å². The first-order valence-corrected chi connectivity index (χ1v) is 7.64. The molecule has 0 fully saturated rings. The second-order valence-electron chi connectivity index (χ2n) is 4.35. The molecule has 8 heteroatoms. The zero-order valence-corrected chi connectivity index (χ0v) is 11.7. The molecule has 0 spiro atoms. The third-order valence-electron chi connectivity index (χ3n) is 2.57. The summed E-state index contributed by atoms with van der Waals surface area (Å²) in [5.41, 5.74) is 0.395. The third kappa shape index (κ3) is 4.71. The first kappa shape index (κ1) is 16.3. The highest BCUT2D eigenvalue weighted by Gasteiger charge is 2.24. The molecular formula is C12H17NO6S. The van der Waals surface area contributed by atoms with Crippen molar-refractivity contribution in [2.75, 3.05) is 5.75 Å². The third-order valence-corrected chi connectivity index (χ3v) is 4.16. The maximum absolute atomic E-state index is 11.6. The van der Waals surface area contributed by atoms with Crippen molar-refractivity contribution < 1.29 is 28.5 Å². The molecule has 7 nitrogen and oxygen atoms in total. The summed E-state index contributed by atoms with van der Waals surface area (Å²) in [7, 11) is -3.66. The summed E-state index contributed by atoms with van der Waals surface area (Å²) < 4.78 is 25.3. The Hall–Kier alpha value is -1.80. The molecule has 0 aromatic heterocycles. The Morgan fingerprint density at radius 2 is 1.95 bits per heavy atom. The molecule has 20 heavy (non-hydrogen) atoms. The van der Waals surface area contributed by atoms with Gasteiger partial charge in [0.1, 0.15) is 6.04 Å². The predicted molar refractivity (Wildman–Crippen MR) is 72.1 cm³/mol. The Morgan fingerprint density at radius 3 is 2.45 bits per heavy atom. The molecule has 0 unspecified atom stereocenters. The van der Waals surface area contributed by atoms with Crippen LogP contribution in [0.2, 0.25) is 0 Å². The summed E-state index contributed by atoms with van der Waals surface area (Å²) in [6.07, 6.45) is 0.244. The van der Waals surface area contributed by atoms with E-state index in [0.29, 0.717) is 12.0 Å². The SMILES string of the molecule is CCCS(=O)(=O)N[C@@H](Cc1ccc(O)c(O)c1)C(=O)O. The second kappa shape index (κ2) is 6.58. The highest BCUT2D eigenvalue weighted by Crippen LogP contribution is 2.25. The Balaban J connectivity index is 2.87. The van der Waals surface area contributed by atoms with E-state index in [4.69, 9.17) is 10.2 Å². The van der Waals surface area contributed by atoms with Crippen molar-refractivity contribution in [3.63, 3.8) is 0 Å². The first-order valence-electron chi connectivity index (χ1n) is 5.99. The van der Waals surface area contributed by atoms with Gasteiger partial charge in [0.2, 0.25) is 10.0 Å². The maximum atomic E-state index is 11.6. The second-order valence-corrected chi connectivity index (χ2v) is 6.23. The van der Waals surface area contributed by atoms with Gasteiger partial charge in [0, 0.05) is 0 Å². The lowest BCUT2D eigenvalue weighted by Crippen LogP contribution is -2.43. The van der Waals surface area contributed by atoms with Crippen LogP contribution < -0.4 is 4.72 Å². The number of hydrogen-bond donors (Lipinski definition) is 4. The minimum Gasteiger partial charge on any atom is -0.504 e. The van der Waals surface area contributed by atoms with Gasteiger partial charge in [0.05, 0.1) is 5.75 Å². The van der Waals surface area contributed by atoms with E-state index in [1.807, 2.05) is 0 Å². The average Bonchev–Trinajstić information content (AvgIpc) is 2.32. The van der Waals surface area contributed by atoms with Gasteiger partial charge in [-0.25, -0.2) is 13.1 Å². The molecule has 0 saturated carbocycles. The molecule has 0 saturated heterocycles. The fourth-order valence-corrected chi connectivity index (χ4v) is 2.93. The van der Waals surface area contributed by atoms with Gasteiger partial charge >= 0.3 is 5.97 Å². The minimum atomic E-state index is -3.66. The topological polar surface area (TPSA) is 124 Å². The molecule has 0 aliphatic carbocycles. The molecule has 4 N–H and O–H groups in total. The molecule has 0 aliphatic rings. The fraction of sp³-hybridized carbons (Fsp3) is 0.417. The zero-order valence-electron chi connectivity index (χ0n) is 10.9. The lowest BCUT2D eigenvalue weighted by molar-refractivity contribution is -0.138. The van der Waals surface area contributed by atoms with Crippen molar-refractivity contribution >= 4 is 16.0 Å². The highest BCUT2D eigenvalue weighted by molar-refractivity contribution is 7.89. The molecule has 1 atom stereocenters. The van der Waals surface area contributed by atoms with Crippen LogP contribution >= 0.6 is 0 Å². The van der Waals surface area contributed by atoms with E-state index < -0.39 is 22.0 Å². The maximum Gasteiger partial charge on any atom is 0.322 e. The number of carboxylic acids is 1. The van der Waals surface area contributed by atoms with Gasteiger partial charge in [0.25, 0.3) is 0 Å². The summed E-state index contributed by atoms with van der Waals surface area (Å²) in [5.74, 6) is -2.18. The van der Waals surface area contributed by atoms with Gasteiger partial charge < -0.3 is 15.3 Å². The van der Waals surface area contributed by atoms with Gasteiger partial charge in [-0.2, -0.15) is 0 Å². The normalized spacial score (nSPS) is 13.1. The average molecular weight is 303 g/mol. The van der Waals surface area contributed by atoms with Crippen LogP contribution in [0.4, 0.5) is 0 Å².